The zero-order valence-electron chi connectivity index (χ0n) is 13.4. The fraction of sp³-hybridized carbons (Fsp3) is 0.588. The van der Waals surface area contributed by atoms with Crippen LogP contribution in [-0.4, -0.2) is 52.0 Å². The molecule has 0 aromatic carbocycles. The van der Waals surface area contributed by atoms with Crippen LogP contribution in [0, 0.1) is 0 Å². The largest absolute Gasteiger partial charge is 0.480 e. The molecule has 1 aromatic heterocycles. The van der Waals surface area contributed by atoms with E-state index in [0.717, 1.165) is 12.8 Å². The summed E-state index contributed by atoms with van der Waals surface area (Å²) in [6, 6.07) is 4.14. The van der Waals surface area contributed by atoms with Crippen LogP contribution in [0.25, 0.3) is 0 Å². The van der Waals surface area contributed by atoms with Crippen molar-refractivity contribution in [3.05, 3.63) is 29.6 Å². The van der Waals surface area contributed by atoms with Crippen LogP contribution in [0.4, 0.5) is 0 Å². The Morgan fingerprint density at radius 1 is 1.35 bits per heavy atom. The highest BCUT2D eigenvalue weighted by Crippen LogP contribution is 2.39. The molecule has 2 aliphatic carbocycles. The minimum atomic E-state index is -0.806. The van der Waals surface area contributed by atoms with Gasteiger partial charge in [-0.05, 0) is 49.8 Å². The van der Waals surface area contributed by atoms with Gasteiger partial charge >= 0.3 is 5.97 Å². The van der Waals surface area contributed by atoms with Gasteiger partial charge in [0.25, 0.3) is 5.91 Å². The number of hydrogen-bond acceptors (Lipinski definition) is 4. The van der Waals surface area contributed by atoms with E-state index in [1.807, 2.05) is 24.1 Å². The van der Waals surface area contributed by atoms with E-state index in [0.29, 0.717) is 18.2 Å². The summed E-state index contributed by atoms with van der Waals surface area (Å²) in [6.07, 6.45) is 5.85. The number of aliphatic carboxylic acids is 1. The molecule has 1 aromatic rings. The number of nitrogens with one attached hydrogen (secondary N) is 1. The van der Waals surface area contributed by atoms with Crippen molar-refractivity contribution < 1.29 is 14.7 Å². The molecule has 2 N–H and O–H groups in total. The van der Waals surface area contributed by atoms with E-state index in [1.54, 1.807) is 6.07 Å². The van der Waals surface area contributed by atoms with Crippen LogP contribution in [0.5, 0.6) is 0 Å². The van der Waals surface area contributed by atoms with Gasteiger partial charge in [-0.2, -0.15) is 0 Å². The molecule has 0 bridgehead atoms. The van der Waals surface area contributed by atoms with Crippen molar-refractivity contribution in [1.29, 1.82) is 0 Å². The molecule has 0 unspecified atom stereocenters. The molecule has 124 valence electrons. The maximum atomic E-state index is 12.2. The maximum absolute atomic E-state index is 12.2. The average molecular weight is 317 g/mol. The van der Waals surface area contributed by atoms with E-state index in [9.17, 15) is 9.59 Å². The second-order valence-electron chi connectivity index (χ2n) is 6.50. The molecule has 23 heavy (non-hydrogen) atoms. The van der Waals surface area contributed by atoms with Gasteiger partial charge in [0, 0.05) is 18.3 Å². The molecule has 2 saturated carbocycles. The Bertz CT molecular complexity index is 577. The molecular weight excluding hydrogens is 294 g/mol. The molecular formula is C17H23N3O3. The van der Waals surface area contributed by atoms with Crippen molar-refractivity contribution in [2.45, 2.75) is 50.6 Å². The number of nitrogens with zero attached hydrogens (tertiary/aromatic N) is 2. The van der Waals surface area contributed by atoms with Gasteiger partial charge in [-0.3, -0.25) is 19.5 Å². The lowest BCUT2D eigenvalue weighted by Gasteiger charge is -2.42. The number of carbonyl (C=O) groups excluding carboxylic acids is 1. The van der Waals surface area contributed by atoms with Gasteiger partial charge in [0.1, 0.15) is 5.69 Å². The normalized spacial score (nSPS) is 23.4. The molecule has 0 spiro atoms. The number of carboxylic acids is 1. The monoisotopic (exact) mass is 317 g/mol. The van der Waals surface area contributed by atoms with Crippen molar-refractivity contribution in [1.82, 2.24) is 15.2 Å². The van der Waals surface area contributed by atoms with E-state index in [1.165, 1.54) is 18.4 Å². The van der Waals surface area contributed by atoms with Gasteiger partial charge in [0.05, 0.1) is 6.54 Å². The quantitative estimate of drug-likeness (QED) is 0.798. The number of amides is 1. The van der Waals surface area contributed by atoms with Crippen molar-refractivity contribution in [3.8, 4) is 0 Å². The summed E-state index contributed by atoms with van der Waals surface area (Å²) < 4.78 is 0. The number of pyridine rings is 1. The fourth-order valence-corrected chi connectivity index (χ4v) is 3.13. The standard InChI is InChI=1S/C17H23N3O3/c1-2-20(10-16(21)22)14-7-13(8-14)19-17(23)15-6-5-12(9-18-15)11-3-4-11/h5-6,9,11,13-14H,2-4,7-8,10H2,1H3,(H,19,23)(H,21,22). The molecule has 0 radical (unpaired) electrons. The Kier molecular flexibility index (Phi) is 4.61. The molecule has 0 aliphatic heterocycles. The number of carboxylic acid groups (broad SMARTS) is 1. The Balaban J connectivity index is 1.47. The highest BCUT2D eigenvalue weighted by molar-refractivity contribution is 5.92. The number of carbonyl (C=O) groups is 2. The van der Waals surface area contributed by atoms with Crippen LogP contribution in [0.15, 0.2) is 18.3 Å². The number of rotatable bonds is 7. The highest BCUT2D eigenvalue weighted by atomic mass is 16.4. The van der Waals surface area contributed by atoms with Gasteiger partial charge in [-0.15, -0.1) is 0 Å². The predicted molar refractivity (Wildman–Crippen MR) is 85.4 cm³/mol. The number of likely N-dealkylation sites (N-methyl/N-ethyl adjacent to an activating group) is 1. The third-order valence-electron chi connectivity index (χ3n) is 4.78. The van der Waals surface area contributed by atoms with E-state index in [4.69, 9.17) is 5.11 Å². The summed E-state index contributed by atoms with van der Waals surface area (Å²) in [5.41, 5.74) is 1.67. The third-order valence-corrected chi connectivity index (χ3v) is 4.78. The van der Waals surface area contributed by atoms with Crippen molar-refractivity contribution >= 4 is 11.9 Å². The van der Waals surface area contributed by atoms with Crippen LogP contribution in [-0.2, 0) is 4.79 Å². The Labute approximate surface area is 135 Å². The minimum Gasteiger partial charge on any atom is -0.480 e. The van der Waals surface area contributed by atoms with Crippen molar-refractivity contribution in [2.24, 2.45) is 0 Å². The topological polar surface area (TPSA) is 82.5 Å². The van der Waals surface area contributed by atoms with Gasteiger partial charge in [0.2, 0.25) is 0 Å². The van der Waals surface area contributed by atoms with Gasteiger partial charge in [-0.25, -0.2) is 0 Å². The molecule has 0 atom stereocenters. The summed E-state index contributed by atoms with van der Waals surface area (Å²) in [5, 5.41) is 11.9. The van der Waals surface area contributed by atoms with Crippen molar-refractivity contribution in [2.75, 3.05) is 13.1 Å². The number of aromatic nitrogens is 1. The fourth-order valence-electron chi connectivity index (χ4n) is 3.13. The molecule has 2 aliphatic rings. The first kappa shape index (κ1) is 15.9. The molecule has 6 heteroatoms. The van der Waals surface area contributed by atoms with Gasteiger partial charge in [-0.1, -0.05) is 13.0 Å². The van der Waals surface area contributed by atoms with Crippen LogP contribution in [0.3, 0.4) is 0 Å². The van der Waals surface area contributed by atoms with Crippen LogP contribution >= 0.6 is 0 Å². The van der Waals surface area contributed by atoms with E-state index < -0.39 is 5.97 Å². The Hall–Kier alpha value is -1.95. The lowest BCUT2D eigenvalue weighted by atomic mass is 9.85. The first-order valence-electron chi connectivity index (χ1n) is 8.29. The van der Waals surface area contributed by atoms with Gasteiger partial charge < -0.3 is 10.4 Å². The summed E-state index contributed by atoms with van der Waals surface area (Å²) in [6.45, 7) is 2.73. The lowest BCUT2D eigenvalue weighted by Crippen LogP contribution is -2.54. The molecule has 1 amide bonds. The Morgan fingerprint density at radius 3 is 2.61 bits per heavy atom. The van der Waals surface area contributed by atoms with E-state index in [-0.39, 0.29) is 24.5 Å². The summed E-state index contributed by atoms with van der Waals surface area (Å²) >= 11 is 0. The first-order chi connectivity index (χ1) is 11.1. The number of hydrogen-bond donors (Lipinski definition) is 2. The van der Waals surface area contributed by atoms with E-state index >= 15 is 0 Å². The minimum absolute atomic E-state index is 0.0615. The van der Waals surface area contributed by atoms with Crippen LogP contribution in [0.1, 0.15) is 54.6 Å². The summed E-state index contributed by atoms with van der Waals surface area (Å²) in [7, 11) is 0. The zero-order chi connectivity index (χ0) is 16.4. The van der Waals surface area contributed by atoms with Crippen LogP contribution < -0.4 is 5.32 Å². The van der Waals surface area contributed by atoms with Crippen molar-refractivity contribution in [3.63, 3.8) is 0 Å². The summed E-state index contributed by atoms with van der Waals surface area (Å²) in [5.74, 6) is -0.308. The molecule has 3 rings (SSSR count). The van der Waals surface area contributed by atoms with E-state index in [2.05, 4.69) is 10.3 Å². The highest BCUT2D eigenvalue weighted by Gasteiger charge is 2.35. The van der Waals surface area contributed by atoms with Crippen LogP contribution in [0.2, 0.25) is 0 Å². The maximum Gasteiger partial charge on any atom is 0.317 e. The summed E-state index contributed by atoms with van der Waals surface area (Å²) in [4.78, 5) is 29.2. The second kappa shape index (κ2) is 6.66. The first-order valence-corrected chi connectivity index (χ1v) is 8.29. The zero-order valence-corrected chi connectivity index (χ0v) is 13.4. The molecule has 0 saturated heterocycles. The lowest BCUT2D eigenvalue weighted by molar-refractivity contribution is -0.139. The second-order valence-corrected chi connectivity index (χ2v) is 6.50. The average Bonchev–Trinajstić information content (AvgIpc) is 3.33. The molecule has 6 nitrogen and oxygen atoms in total. The Morgan fingerprint density at radius 2 is 2.09 bits per heavy atom. The smallest absolute Gasteiger partial charge is 0.317 e. The predicted octanol–water partition coefficient (Wildman–Crippen LogP) is 1.63. The third kappa shape index (κ3) is 3.88. The molecule has 1 heterocycles. The SMILES string of the molecule is CCN(CC(=O)O)C1CC(NC(=O)c2ccc(C3CC3)cn2)C1. The molecule has 2 fully saturated rings. The van der Waals surface area contributed by atoms with Gasteiger partial charge in [0.15, 0.2) is 0 Å².